The lowest BCUT2D eigenvalue weighted by Gasteiger charge is -2.33. The summed E-state index contributed by atoms with van der Waals surface area (Å²) in [7, 11) is -2.70. The largest absolute Gasteiger partial charge is 0.497 e. The monoisotopic (exact) mass is 595 g/mol. The van der Waals surface area contributed by atoms with Crippen LogP contribution in [0.15, 0.2) is 77.7 Å². The van der Waals surface area contributed by atoms with Gasteiger partial charge in [-0.1, -0.05) is 49.1 Å². The lowest BCUT2D eigenvalue weighted by atomic mass is 9.95. The van der Waals surface area contributed by atoms with Crippen LogP contribution in [0.3, 0.4) is 0 Å². The number of hydrogen-bond donors (Lipinski definition) is 1. The lowest BCUT2D eigenvalue weighted by molar-refractivity contribution is -0.139. The number of anilines is 1. The first-order chi connectivity index (χ1) is 20.1. The zero-order chi connectivity index (χ0) is 30.3. The molecular weight excluding hydrogens is 557 g/mol. The number of amides is 2. The molecule has 1 unspecified atom stereocenters. The number of carbonyl (C=O) groups is 2. The Labute approximate surface area is 247 Å². The maximum atomic E-state index is 14.0. The van der Waals surface area contributed by atoms with Gasteiger partial charge in [0.05, 0.1) is 17.7 Å². The summed E-state index contributed by atoms with van der Waals surface area (Å²) in [5, 5.41) is 3.07. The molecule has 2 amide bonds. The molecule has 0 bridgehead atoms. The Balaban J connectivity index is 1.66. The van der Waals surface area contributed by atoms with Crippen LogP contribution in [0.2, 0.25) is 0 Å². The van der Waals surface area contributed by atoms with Crippen LogP contribution in [0.1, 0.15) is 50.2 Å². The van der Waals surface area contributed by atoms with Crippen LogP contribution in [-0.2, 0) is 26.2 Å². The molecule has 0 radical (unpaired) electrons. The Morgan fingerprint density at radius 2 is 1.57 bits per heavy atom. The molecule has 224 valence electrons. The smallest absolute Gasteiger partial charge is 0.264 e. The highest BCUT2D eigenvalue weighted by Gasteiger charge is 2.33. The summed E-state index contributed by atoms with van der Waals surface area (Å²) in [6.45, 7) is 2.98. The number of methoxy groups -OCH3 is 1. The van der Waals surface area contributed by atoms with E-state index in [1.807, 2.05) is 6.92 Å². The molecule has 0 saturated heterocycles. The second-order valence-electron chi connectivity index (χ2n) is 10.7. The van der Waals surface area contributed by atoms with Crippen LogP contribution in [-0.4, -0.2) is 50.9 Å². The van der Waals surface area contributed by atoms with Gasteiger partial charge in [0.1, 0.15) is 24.2 Å². The molecule has 8 nitrogen and oxygen atoms in total. The predicted octanol–water partition coefficient (Wildman–Crippen LogP) is 5.20. The van der Waals surface area contributed by atoms with E-state index in [1.54, 1.807) is 55.5 Å². The topological polar surface area (TPSA) is 96.0 Å². The molecule has 0 spiro atoms. The second kappa shape index (κ2) is 13.8. The van der Waals surface area contributed by atoms with Crippen molar-refractivity contribution in [2.24, 2.45) is 0 Å². The summed E-state index contributed by atoms with van der Waals surface area (Å²) in [6.07, 6.45) is 4.96. The molecular formula is C32H38FN3O5S. The Morgan fingerprint density at radius 1 is 0.952 bits per heavy atom. The molecule has 1 saturated carbocycles. The highest BCUT2D eigenvalue weighted by molar-refractivity contribution is 7.92. The number of aryl methyl sites for hydroxylation is 1. The molecule has 0 aliphatic heterocycles. The first-order valence-electron chi connectivity index (χ1n) is 14.2. The minimum atomic E-state index is -4.19. The van der Waals surface area contributed by atoms with Crippen molar-refractivity contribution >= 4 is 27.5 Å². The quantitative estimate of drug-likeness (QED) is 0.329. The summed E-state index contributed by atoms with van der Waals surface area (Å²) in [4.78, 5) is 28.7. The van der Waals surface area contributed by atoms with Gasteiger partial charge >= 0.3 is 0 Å². The highest BCUT2D eigenvalue weighted by atomic mass is 32.2. The minimum absolute atomic E-state index is 0.00267. The zero-order valence-electron chi connectivity index (χ0n) is 24.3. The highest BCUT2D eigenvalue weighted by Crippen LogP contribution is 2.26. The van der Waals surface area contributed by atoms with Crippen LogP contribution in [0, 0.1) is 12.7 Å². The number of nitrogens with zero attached hydrogens (tertiary/aromatic N) is 2. The predicted molar refractivity (Wildman–Crippen MR) is 160 cm³/mol. The van der Waals surface area contributed by atoms with Gasteiger partial charge in [-0.15, -0.1) is 0 Å². The fourth-order valence-corrected chi connectivity index (χ4v) is 6.47. The van der Waals surface area contributed by atoms with E-state index in [0.29, 0.717) is 17.0 Å². The van der Waals surface area contributed by atoms with Crippen LogP contribution in [0.4, 0.5) is 10.1 Å². The van der Waals surface area contributed by atoms with E-state index >= 15 is 0 Å². The zero-order valence-corrected chi connectivity index (χ0v) is 25.1. The first kappa shape index (κ1) is 31.0. The standard InChI is InChI=1S/C32H38FN3O5S/c1-23-9-15-28(16-10-23)36(42(39,40)30-19-17-29(41-3)18-20-30)22-31(37)35(21-25-11-13-26(33)14-12-25)24(2)32(38)34-27-7-5-4-6-8-27/h9-20,24,27H,4-8,21-22H2,1-3H3,(H,34,38). The van der Waals surface area contributed by atoms with Gasteiger partial charge in [0.2, 0.25) is 11.8 Å². The van der Waals surface area contributed by atoms with Crippen molar-refractivity contribution in [2.75, 3.05) is 18.0 Å². The average molecular weight is 596 g/mol. The average Bonchev–Trinajstić information content (AvgIpc) is 3.00. The molecule has 10 heteroatoms. The van der Waals surface area contributed by atoms with Gasteiger partial charge in [-0.05, 0) is 80.8 Å². The maximum Gasteiger partial charge on any atom is 0.264 e. The number of benzene rings is 3. The van der Waals surface area contributed by atoms with Gasteiger partial charge in [0.25, 0.3) is 10.0 Å². The fourth-order valence-electron chi connectivity index (χ4n) is 5.05. The Hall–Kier alpha value is -3.92. The molecule has 42 heavy (non-hydrogen) atoms. The third-order valence-corrected chi connectivity index (χ3v) is 9.42. The Kier molecular flexibility index (Phi) is 10.2. The number of halogens is 1. The molecule has 4 rings (SSSR count). The number of rotatable bonds is 11. The number of carbonyl (C=O) groups excluding carboxylic acids is 2. The maximum absolute atomic E-state index is 14.0. The second-order valence-corrected chi connectivity index (χ2v) is 12.6. The number of ether oxygens (including phenoxy) is 1. The summed E-state index contributed by atoms with van der Waals surface area (Å²) >= 11 is 0. The molecule has 1 atom stereocenters. The van der Waals surface area contributed by atoms with Crippen molar-refractivity contribution in [2.45, 2.75) is 69.5 Å². The summed E-state index contributed by atoms with van der Waals surface area (Å²) in [6, 6.07) is 17.6. The third-order valence-electron chi connectivity index (χ3n) is 7.63. The summed E-state index contributed by atoms with van der Waals surface area (Å²) < 4.78 is 47.7. The van der Waals surface area contributed by atoms with Crippen LogP contribution >= 0.6 is 0 Å². The van der Waals surface area contributed by atoms with Crippen LogP contribution in [0.5, 0.6) is 5.75 Å². The third kappa shape index (κ3) is 7.67. The number of hydrogen-bond acceptors (Lipinski definition) is 5. The Bertz CT molecular complexity index is 1460. The van der Waals surface area contributed by atoms with E-state index in [4.69, 9.17) is 4.74 Å². The van der Waals surface area contributed by atoms with E-state index < -0.39 is 34.3 Å². The molecule has 1 aliphatic carbocycles. The minimum Gasteiger partial charge on any atom is -0.497 e. The summed E-state index contributed by atoms with van der Waals surface area (Å²) in [5.41, 5.74) is 1.85. The van der Waals surface area contributed by atoms with Gasteiger partial charge in [0, 0.05) is 12.6 Å². The van der Waals surface area contributed by atoms with Gasteiger partial charge in [-0.2, -0.15) is 0 Å². The molecule has 3 aromatic rings. The lowest BCUT2D eigenvalue weighted by Crippen LogP contribution is -2.53. The van der Waals surface area contributed by atoms with E-state index in [0.717, 1.165) is 42.0 Å². The Morgan fingerprint density at radius 3 is 2.17 bits per heavy atom. The molecule has 0 heterocycles. The van der Waals surface area contributed by atoms with Crippen molar-refractivity contribution in [1.29, 1.82) is 0 Å². The molecule has 1 fully saturated rings. The normalized spacial score (nSPS) is 14.6. The van der Waals surface area contributed by atoms with Gasteiger partial charge in [0.15, 0.2) is 0 Å². The summed E-state index contributed by atoms with van der Waals surface area (Å²) in [5.74, 6) is -0.799. The van der Waals surface area contributed by atoms with Crippen molar-refractivity contribution in [3.8, 4) is 5.75 Å². The molecule has 1 aliphatic rings. The molecule has 0 aromatic heterocycles. The molecule has 3 aromatic carbocycles. The SMILES string of the molecule is COc1ccc(S(=O)(=O)N(CC(=O)N(Cc2ccc(F)cc2)C(C)C(=O)NC2CCCCC2)c2ccc(C)cc2)cc1. The van der Waals surface area contributed by atoms with E-state index in [1.165, 1.54) is 36.3 Å². The number of nitrogens with one attached hydrogen (secondary N) is 1. The fraction of sp³-hybridized carbons (Fsp3) is 0.375. The number of sulfonamides is 1. The van der Waals surface area contributed by atoms with Crippen molar-refractivity contribution in [1.82, 2.24) is 10.2 Å². The van der Waals surface area contributed by atoms with E-state index in [-0.39, 0.29) is 23.4 Å². The van der Waals surface area contributed by atoms with Gasteiger partial charge in [-0.25, -0.2) is 12.8 Å². The van der Waals surface area contributed by atoms with Crippen molar-refractivity contribution in [3.05, 3.63) is 89.7 Å². The van der Waals surface area contributed by atoms with Gasteiger partial charge in [-0.3, -0.25) is 13.9 Å². The van der Waals surface area contributed by atoms with Crippen molar-refractivity contribution in [3.63, 3.8) is 0 Å². The van der Waals surface area contributed by atoms with E-state index in [9.17, 15) is 22.4 Å². The van der Waals surface area contributed by atoms with Crippen molar-refractivity contribution < 1.29 is 27.1 Å². The molecule has 1 N–H and O–H groups in total. The van der Waals surface area contributed by atoms with Crippen LogP contribution < -0.4 is 14.4 Å². The van der Waals surface area contributed by atoms with Gasteiger partial charge < -0.3 is 15.0 Å². The first-order valence-corrected chi connectivity index (χ1v) is 15.6. The van der Waals surface area contributed by atoms with Crippen LogP contribution in [0.25, 0.3) is 0 Å². The van der Waals surface area contributed by atoms with E-state index in [2.05, 4.69) is 5.32 Å².